The second-order valence-corrected chi connectivity index (χ2v) is 10.4. The summed E-state index contributed by atoms with van der Waals surface area (Å²) in [4.78, 5) is 30.0. The molecule has 1 amide bonds. The first-order valence-electron chi connectivity index (χ1n) is 11.8. The van der Waals surface area contributed by atoms with Gasteiger partial charge in [-0.05, 0) is 25.1 Å². The molecule has 3 aromatic heterocycles. The molecule has 1 atom stereocenters. The van der Waals surface area contributed by atoms with Gasteiger partial charge in [0.1, 0.15) is 22.7 Å². The third kappa shape index (κ3) is 4.82. The van der Waals surface area contributed by atoms with Crippen molar-refractivity contribution in [3.05, 3.63) is 65.1 Å². The fourth-order valence-electron chi connectivity index (χ4n) is 4.59. The Morgan fingerprint density at radius 2 is 2.00 bits per heavy atom. The number of ether oxygens (including phenoxy) is 2. The number of benzene rings is 2. The Hall–Kier alpha value is -4.23. The number of alkyl halides is 2. The first kappa shape index (κ1) is 26.0. The number of pyridine rings is 1. The molecule has 0 spiro atoms. The zero-order valence-corrected chi connectivity index (χ0v) is 22.0. The number of thiazole rings is 1. The van der Waals surface area contributed by atoms with Crippen LogP contribution in [0.2, 0.25) is 5.02 Å². The molecule has 14 heteroatoms. The summed E-state index contributed by atoms with van der Waals surface area (Å²) in [7, 11) is 0. The van der Waals surface area contributed by atoms with E-state index in [1.165, 1.54) is 42.1 Å². The molecule has 204 valence electrons. The number of fused-ring (bicyclic) bond motifs is 4. The number of nitrogens with zero attached hydrogens (tertiary/aromatic N) is 5. The largest absolute Gasteiger partial charge is 0.485 e. The summed E-state index contributed by atoms with van der Waals surface area (Å²) in [5, 5.41) is 11.0. The van der Waals surface area contributed by atoms with Crippen LogP contribution in [0.15, 0.2) is 42.9 Å². The van der Waals surface area contributed by atoms with E-state index < -0.39 is 24.6 Å². The molecule has 0 bridgehead atoms. The number of carboxylic acid groups (broad SMARTS) is 1. The number of rotatable bonds is 6. The van der Waals surface area contributed by atoms with Crippen molar-refractivity contribution in [2.75, 3.05) is 11.4 Å². The predicted molar refractivity (Wildman–Crippen MR) is 142 cm³/mol. The van der Waals surface area contributed by atoms with Crippen LogP contribution in [0, 0.1) is 12.7 Å². The quantitative estimate of drug-likeness (QED) is 0.240. The van der Waals surface area contributed by atoms with Gasteiger partial charge >= 0.3 is 12.7 Å². The van der Waals surface area contributed by atoms with E-state index in [-0.39, 0.29) is 30.2 Å². The van der Waals surface area contributed by atoms with Crippen molar-refractivity contribution in [1.29, 1.82) is 0 Å². The molecule has 0 fully saturated rings. The van der Waals surface area contributed by atoms with Crippen LogP contribution < -0.4 is 14.4 Å². The molecule has 1 unspecified atom stereocenters. The van der Waals surface area contributed by atoms with Gasteiger partial charge in [0, 0.05) is 34.0 Å². The van der Waals surface area contributed by atoms with E-state index in [9.17, 15) is 18.7 Å². The Labute approximate surface area is 232 Å². The average molecular weight is 588 g/mol. The summed E-state index contributed by atoms with van der Waals surface area (Å²) in [6.45, 7) is -1.39. The monoisotopic (exact) mass is 587 g/mol. The van der Waals surface area contributed by atoms with Crippen LogP contribution >= 0.6 is 22.9 Å². The van der Waals surface area contributed by atoms with Crippen molar-refractivity contribution in [1.82, 2.24) is 19.9 Å². The van der Waals surface area contributed by atoms with E-state index in [0.29, 0.717) is 48.1 Å². The smallest absolute Gasteiger partial charge is 0.412 e. The third-order valence-corrected chi connectivity index (χ3v) is 7.66. The van der Waals surface area contributed by atoms with E-state index in [2.05, 4.69) is 24.7 Å². The predicted octanol–water partition coefficient (Wildman–Crippen LogP) is 6.49. The lowest BCUT2D eigenvalue weighted by Crippen LogP contribution is -2.38. The minimum atomic E-state index is -3.00. The molecule has 9 nitrogen and oxygen atoms in total. The number of anilines is 1. The molecule has 2 aromatic carbocycles. The highest BCUT2D eigenvalue weighted by molar-refractivity contribution is 7.22. The Bertz CT molecular complexity index is 1790. The van der Waals surface area contributed by atoms with Gasteiger partial charge in [0.15, 0.2) is 11.6 Å². The highest BCUT2D eigenvalue weighted by Gasteiger charge is 2.33. The molecule has 0 saturated heterocycles. The number of hydrogen-bond donors (Lipinski definition) is 1. The number of hydrogen-bond acceptors (Lipinski definition) is 8. The van der Waals surface area contributed by atoms with Crippen molar-refractivity contribution in [2.24, 2.45) is 0 Å². The Morgan fingerprint density at radius 3 is 2.73 bits per heavy atom. The van der Waals surface area contributed by atoms with Crippen LogP contribution in [0.4, 0.5) is 23.7 Å². The van der Waals surface area contributed by atoms with Crippen molar-refractivity contribution in [3.8, 4) is 22.1 Å². The van der Waals surface area contributed by atoms with E-state index in [0.717, 1.165) is 4.90 Å². The van der Waals surface area contributed by atoms with E-state index >= 15 is 4.39 Å². The molecule has 1 aliphatic heterocycles. The fourth-order valence-corrected chi connectivity index (χ4v) is 5.93. The van der Waals surface area contributed by atoms with Crippen molar-refractivity contribution in [2.45, 2.75) is 26.1 Å². The maximum Gasteiger partial charge on any atom is 0.412 e. The summed E-state index contributed by atoms with van der Waals surface area (Å²) < 4.78 is 51.5. The summed E-state index contributed by atoms with van der Waals surface area (Å²) in [6, 6.07) is 5.88. The minimum absolute atomic E-state index is 0.0426. The Kier molecular flexibility index (Phi) is 6.55. The Balaban J connectivity index is 1.35. The van der Waals surface area contributed by atoms with Gasteiger partial charge in [-0.2, -0.15) is 8.78 Å². The van der Waals surface area contributed by atoms with Crippen molar-refractivity contribution < 1.29 is 32.5 Å². The Morgan fingerprint density at radius 1 is 1.23 bits per heavy atom. The van der Waals surface area contributed by atoms with E-state index in [4.69, 9.17) is 16.3 Å². The number of halogens is 4. The molecule has 40 heavy (non-hydrogen) atoms. The van der Waals surface area contributed by atoms with Gasteiger partial charge in [0.25, 0.3) is 0 Å². The lowest BCUT2D eigenvalue weighted by atomic mass is 10.1. The average Bonchev–Trinajstić information content (AvgIpc) is 3.51. The zero-order valence-electron chi connectivity index (χ0n) is 20.4. The van der Waals surface area contributed by atoms with Gasteiger partial charge in [-0.3, -0.25) is 9.88 Å². The summed E-state index contributed by atoms with van der Waals surface area (Å²) in [6.07, 6.45) is 2.34. The molecule has 6 rings (SSSR count). The topological polar surface area (TPSA) is 111 Å². The molecule has 4 heterocycles. The SMILES string of the molecule is Cc1ncc(N(CC2Cc3c(c(F)cc4nc(-c5cc(Cl)cc6cc(OC(F)F)cnc56)sc34)O2)C(=O)O)cn1. The lowest BCUT2D eigenvalue weighted by Gasteiger charge is -2.22. The number of aromatic nitrogens is 4. The van der Waals surface area contributed by atoms with Crippen LogP contribution in [-0.4, -0.2) is 50.4 Å². The van der Waals surface area contributed by atoms with E-state index in [1.807, 2.05) is 0 Å². The van der Waals surface area contributed by atoms with Crippen LogP contribution in [0.3, 0.4) is 0 Å². The third-order valence-electron chi connectivity index (χ3n) is 6.27. The standard InChI is InChI=1S/C26H17ClF3N5O4S/c1-11-31-7-14(8-32-11)35(26(36)37)10-16-5-18-22(38-16)19(28)6-20-23(18)40-24(34-20)17-4-13(27)2-12-3-15(39-25(29)30)9-33-21(12)17/h2-4,6-9,16,25H,5,10H2,1H3,(H,36,37). The molecule has 5 aromatic rings. The molecule has 0 radical (unpaired) electrons. The van der Waals surface area contributed by atoms with Gasteiger partial charge in [-0.1, -0.05) is 11.6 Å². The fraction of sp³-hybridized carbons (Fsp3) is 0.192. The molecular weight excluding hydrogens is 571 g/mol. The first-order chi connectivity index (χ1) is 19.2. The number of aryl methyl sites for hydroxylation is 1. The summed E-state index contributed by atoms with van der Waals surface area (Å²) in [5.41, 5.74) is 2.21. The van der Waals surface area contributed by atoms with Crippen LogP contribution in [-0.2, 0) is 6.42 Å². The normalized spacial score (nSPS) is 14.5. The molecule has 1 aliphatic rings. The van der Waals surface area contributed by atoms with Gasteiger partial charge in [0.05, 0.1) is 46.6 Å². The van der Waals surface area contributed by atoms with Crippen LogP contribution in [0.5, 0.6) is 11.5 Å². The lowest BCUT2D eigenvalue weighted by molar-refractivity contribution is -0.0499. The van der Waals surface area contributed by atoms with Gasteiger partial charge in [-0.15, -0.1) is 11.3 Å². The maximum absolute atomic E-state index is 15.1. The molecule has 0 saturated carbocycles. The molecule has 0 aliphatic carbocycles. The first-order valence-corrected chi connectivity index (χ1v) is 13.0. The summed E-state index contributed by atoms with van der Waals surface area (Å²) >= 11 is 7.59. The van der Waals surface area contributed by atoms with Gasteiger partial charge < -0.3 is 14.6 Å². The molecular formula is C26H17ClF3N5O4S. The highest BCUT2D eigenvalue weighted by Crippen LogP contribution is 2.44. The second-order valence-electron chi connectivity index (χ2n) is 8.93. The van der Waals surface area contributed by atoms with Gasteiger partial charge in [0.2, 0.25) is 0 Å². The highest BCUT2D eigenvalue weighted by atomic mass is 35.5. The van der Waals surface area contributed by atoms with Gasteiger partial charge in [-0.25, -0.2) is 24.1 Å². The summed E-state index contributed by atoms with van der Waals surface area (Å²) in [5.74, 6) is -0.198. The number of carbonyl (C=O) groups is 1. The zero-order chi connectivity index (χ0) is 28.1. The minimum Gasteiger partial charge on any atom is -0.485 e. The van der Waals surface area contributed by atoms with Crippen molar-refractivity contribution in [3.63, 3.8) is 0 Å². The second kappa shape index (κ2) is 10.1. The maximum atomic E-state index is 15.1. The van der Waals surface area contributed by atoms with Crippen molar-refractivity contribution >= 4 is 55.8 Å². The van der Waals surface area contributed by atoms with Crippen LogP contribution in [0.1, 0.15) is 11.4 Å². The van der Waals surface area contributed by atoms with E-state index in [1.54, 1.807) is 19.1 Å². The number of amides is 1. The van der Waals surface area contributed by atoms with Crippen LogP contribution in [0.25, 0.3) is 31.7 Å². The molecule has 1 N–H and O–H groups in total.